The van der Waals surface area contributed by atoms with Crippen LogP contribution >= 0.6 is 0 Å². The molecule has 0 aliphatic rings. The minimum atomic E-state index is -0.316. The van der Waals surface area contributed by atoms with Gasteiger partial charge in [-0.2, -0.15) is 5.10 Å². The lowest BCUT2D eigenvalue weighted by Gasteiger charge is -2.13. The second-order valence-electron chi connectivity index (χ2n) is 6.86. The van der Waals surface area contributed by atoms with Crippen molar-refractivity contribution >= 4 is 22.5 Å². The molecule has 6 heteroatoms. The number of hydrogen-bond acceptors (Lipinski definition) is 3. The van der Waals surface area contributed by atoms with Crippen LogP contribution in [0.4, 0.5) is 10.1 Å². The van der Waals surface area contributed by atoms with E-state index in [1.54, 1.807) is 29.2 Å². The number of fused-ring (bicyclic) bond motifs is 1. The van der Waals surface area contributed by atoms with Gasteiger partial charge in [0, 0.05) is 5.39 Å². The molecule has 2 heterocycles. The van der Waals surface area contributed by atoms with Gasteiger partial charge in [0.05, 0.1) is 40.5 Å². The van der Waals surface area contributed by atoms with E-state index in [0.717, 1.165) is 16.6 Å². The Balaban J connectivity index is 1.67. The maximum atomic E-state index is 13.2. The first-order valence-electron chi connectivity index (χ1n) is 9.03. The molecule has 0 unspecified atom stereocenters. The SMILES string of the molecule is CC(C)c1c(C(=O)Nc2cnc3ccccc3c2)cnn1-c1ccc(F)cc1. The summed E-state index contributed by atoms with van der Waals surface area (Å²) < 4.78 is 14.9. The second kappa shape index (κ2) is 7.23. The lowest BCUT2D eigenvalue weighted by atomic mass is 10.0. The predicted octanol–water partition coefficient (Wildman–Crippen LogP) is 4.94. The molecule has 140 valence electrons. The van der Waals surface area contributed by atoms with Crippen molar-refractivity contribution in [1.29, 1.82) is 0 Å². The lowest BCUT2D eigenvalue weighted by molar-refractivity contribution is 0.102. The molecule has 1 amide bonds. The molecule has 0 atom stereocenters. The van der Waals surface area contributed by atoms with Gasteiger partial charge in [-0.05, 0) is 42.3 Å². The number of carbonyl (C=O) groups is 1. The van der Waals surface area contributed by atoms with Crippen LogP contribution in [0.25, 0.3) is 16.6 Å². The number of halogens is 1. The number of rotatable bonds is 4. The molecule has 0 aliphatic carbocycles. The number of para-hydroxylation sites is 1. The zero-order valence-corrected chi connectivity index (χ0v) is 15.6. The summed E-state index contributed by atoms with van der Waals surface area (Å²) in [5, 5.41) is 8.22. The van der Waals surface area contributed by atoms with E-state index in [1.165, 1.54) is 12.1 Å². The second-order valence-corrected chi connectivity index (χ2v) is 6.86. The summed E-state index contributed by atoms with van der Waals surface area (Å²) >= 11 is 0. The zero-order chi connectivity index (χ0) is 19.7. The van der Waals surface area contributed by atoms with E-state index < -0.39 is 0 Å². The highest BCUT2D eigenvalue weighted by Gasteiger charge is 2.21. The maximum absolute atomic E-state index is 13.2. The molecule has 4 rings (SSSR count). The predicted molar refractivity (Wildman–Crippen MR) is 107 cm³/mol. The van der Waals surface area contributed by atoms with Crippen molar-refractivity contribution in [1.82, 2.24) is 14.8 Å². The van der Waals surface area contributed by atoms with Crippen LogP contribution in [0.15, 0.2) is 67.0 Å². The Labute approximate surface area is 161 Å². The molecular weight excluding hydrogens is 355 g/mol. The first-order valence-corrected chi connectivity index (χ1v) is 9.03. The van der Waals surface area contributed by atoms with Gasteiger partial charge in [-0.15, -0.1) is 0 Å². The number of aromatic nitrogens is 3. The lowest BCUT2D eigenvalue weighted by Crippen LogP contribution is -2.15. The van der Waals surface area contributed by atoms with Gasteiger partial charge in [-0.1, -0.05) is 32.0 Å². The van der Waals surface area contributed by atoms with Gasteiger partial charge < -0.3 is 5.32 Å². The number of anilines is 1. The molecule has 0 saturated heterocycles. The highest BCUT2D eigenvalue weighted by atomic mass is 19.1. The Morgan fingerprint density at radius 1 is 1.07 bits per heavy atom. The van der Waals surface area contributed by atoms with Crippen LogP contribution in [0.5, 0.6) is 0 Å². The third kappa shape index (κ3) is 3.36. The summed E-state index contributed by atoms with van der Waals surface area (Å²) in [5.41, 5.74) is 3.43. The summed E-state index contributed by atoms with van der Waals surface area (Å²) in [5.74, 6) is -0.527. The van der Waals surface area contributed by atoms with Gasteiger partial charge in [-0.3, -0.25) is 9.78 Å². The summed E-state index contributed by atoms with van der Waals surface area (Å²) in [6.07, 6.45) is 3.18. The number of carbonyl (C=O) groups excluding carboxylic acids is 1. The molecule has 0 radical (unpaired) electrons. The van der Waals surface area contributed by atoms with Crippen molar-refractivity contribution in [3.63, 3.8) is 0 Å². The van der Waals surface area contributed by atoms with Crippen LogP contribution in [0, 0.1) is 5.82 Å². The van der Waals surface area contributed by atoms with Gasteiger partial charge in [-0.25, -0.2) is 9.07 Å². The Bertz CT molecular complexity index is 1150. The van der Waals surface area contributed by atoms with Crippen LogP contribution in [0.1, 0.15) is 35.8 Å². The van der Waals surface area contributed by atoms with E-state index in [0.29, 0.717) is 16.9 Å². The molecule has 0 spiro atoms. The summed E-state index contributed by atoms with van der Waals surface area (Å²) in [6, 6.07) is 15.6. The standard InChI is InChI=1S/C22H19FN4O/c1-14(2)21-19(13-25-27(21)18-9-7-16(23)8-10-18)22(28)26-17-11-15-5-3-4-6-20(15)24-12-17/h3-14H,1-2H3,(H,26,28). The molecule has 2 aromatic heterocycles. The molecule has 0 bridgehead atoms. The van der Waals surface area contributed by atoms with Crippen molar-refractivity contribution < 1.29 is 9.18 Å². The first-order chi connectivity index (χ1) is 13.5. The Hall–Kier alpha value is -3.54. The molecule has 5 nitrogen and oxygen atoms in total. The summed E-state index contributed by atoms with van der Waals surface area (Å²) in [6.45, 7) is 3.98. The fourth-order valence-electron chi connectivity index (χ4n) is 3.21. The van der Waals surface area contributed by atoms with Gasteiger partial charge in [0.15, 0.2) is 0 Å². The monoisotopic (exact) mass is 374 g/mol. The van der Waals surface area contributed by atoms with E-state index >= 15 is 0 Å². The van der Waals surface area contributed by atoms with E-state index in [1.807, 2.05) is 44.2 Å². The van der Waals surface area contributed by atoms with Crippen molar-refractivity contribution in [2.75, 3.05) is 5.32 Å². The van der Waals surface area contributed by atoms with E-state index in [-0.39, 0.29) is 17.6 Å². The average molecular weight is 374 g/mol. The number of benzene rings is 2. The smallest absolute Gasteiger partial charge is 0.259 e. The number of hydrogen-bond donors (Lipinski definition) is 1. The fourth-order valence-corrected chi connectivity index (χ4v) is 3.21. The van der Waals surface area contributed by atoms with E-state index in [9.17, 15) is 9.18 Å². The largest absolute Gasteiger partial charge is 0.320 e. The van der Waals surface area contributed by atoms with Gasteiger partial charge in [0.1, 0.15) is 5.82 Å². The molecular formula is C22H19FN4O. The van der Waals surface area contributed by atoms with Gasteiger partial charge in [0.2, 0.25) is 0 Å². The molecule has 2 aromatic carbocycles. The Morgan fingerprint density at radius 2 is 1.82 bits per heavy atom. The topological polar surface area (TPSA) is 59.8 Å². The van der Waals surface area contributed by atoms with Crippen LogP contribution in [0.3, 0.4) is 0 Å². The molecule has 28 heavy (non-hydrogen) atoms. The molecule has 0 fully saturated rings. The quantitative estimate of drug-likeness (QED) is 0.551. The third-order valence-corrected chi connectivity index (χ3v) is 4.52. The minimum Gasteiger partial charge on any atom is -0.320 e. The van der Waals surface area contributed by atoms with Crippen LogP contribution in [-0.4, -0.2) is 20.7 Å². The van der Waals surface area contributed by atoms with Crippen molar-refractivity contribution in [2.24, 2.45) is 0 Å². The number of amides is 1. The highest BCUT2D eigenvalue weighted by Crippen LogP contribution is 2.24. The molecule has 0 saturated carbocycles. The highest BCUT2D eigenvalue weighted by molar-refractivity contribution is 6.05. The van der Waals surface area contributed by atoms with Crippen LogP contribution in [0.2, 0.25) is 0 Å². The van der Waals surface area contributed by atoms with E-state index in [4.69, 9.17) is 0 Å². The number of nitrogens with zero attached hydrogens (tertiary/aromatic N) is 3. The Morgan fingerprint density at radius 3 is 2.57 bits per heavy atom. The average Bonchev–Trinajstić information content (AvgIpc) is 3.14. The number of pyridine rings is 1. The third-order valence-electron chi connectivity index (χ3n) is 4.52. The zero-order valence-electron chi connectivity index (χ0n) is 15.6. The molecule has 1 N–H and O–H groups in total. The first kappa shape index (κ1) is 17.9. The molecule has 0 aliphatic heterocycles. The summed E-state index contributed by atoms with van der Waals surface area (Å²) in [4.78, 5) is 17.3. The van der Waals surface area contributed by atoms with Crippen molar-refractivity contribution in [2.45, 2.75) is 19.8 Å². The normalized spacial score (nSPS) is 11.1. The Kier molecular flexibility index (Phi) is 4.61. The summed E-state index contributed by atoms with van der Waals surface area (Å²) in [7, 11) is 0. The van der Waals surface area contributed by atoms with Crippen LogP contribution in [-0.2, 0) is 0 Å². The van der Waals surface area contributed by atoms with Crippen molar-refractivity contribution in [3.05, 3.63) is 84.1 Å². The van der Waals surface area contributed by atoms with Crippen molar-refractivity contribution in [3.8, 4) is 5.69 Å². The van der Waals surface area contributed by atoms with E-state index in [2.05, 4.69) is 15.4 Å². The van der Waals surface area contributed by atoms with Gasteiger partial charge in [0.25, 0.3) is 5.91 Å². The fraction of sp³-hybridized carbons (Fsp3) is 0.136. The molecule has 4 aromatic rings. The number of nitrogens with one attached hydrogen (secondary N) is 1. The maximum Gasteiger partial charge on any atom is 0.259 e. The van der Waals surface area contributed by atoms with Gasteiger partial charge >= 0.3 is 0 Å². The van der Waals surface area contributed by atoms with Crippen LogP contribution < -0.4 is 5.32 Å². The minimum absolute atomic E-state index is 0.0445.